The molecule has 164 valence electrons. The van der Waals surface area contributed by atoms with Crippen molar-refractivity contribution in [2.75, 3.05) is 26.4 Å². The van der Waals surface area contributed by atoms with Crippen molar-refractivity contribution in [3.8, 4) is 11.4 Å². The standard InChI is InChI=1S/C17H14F8N4O/c18-2-5-28(6-3-19)14(30)1-4-29-10-26-15(27-29)11-7-12(16(20,21)22)9-13(8-11)17(23,24)25/h1,4,7-10H,2-3,5-6H2/b4-1-. The number of carbonyl (C=O) groups is 1. The Morgan fingerprint density at radius 1 is 0.967 bits per heavy atom. The summed E-state index contributed by atoms with van der Waals surface area (Å²) in [7, 11) is 0. The van der Waals surface area contributed by atoms with Crippen molar-refractivity contribution >= 4 is 12.1 Å². The number of hydrogen-bond donors (Lipinski definition) is 0. The van der Waals surface area contributed by atoms with Gasteiger partial charge in [0.1, 0.15) is 19.7 Å². The lowest BCUT2D eigenvalue weighted by Gasteiger charge is -2.17. The van der Waals surface area contributed by atoms with Crippen molar-refractivity contribution in [2.45, 2.75) is 12.4 Å². The first-order valence-corrected chi connectivity index (χ1v) is 8.25. The predicted octanol–water partition coefficient (Wildman–Crippen LogP) is 4.22. The maximum atomic E-state index is 12.9. The Kier molecular flexibility index (Phi) is 7.16. The molecule has 2 rings (SSSR count). The molecule has 0 unspecified atom stereocenters. The Morgan fingerprint density at radius 2 is 1.50 bits per heavy atom. The molecule has 30 heavy (non-hydrogen) atoms. The first-order valence-electron chi connectivity index (χ1n) is 8.25. The van der Waals surface area contributed by atoms with Crippen LogP contribution in [0.5, 0.6) is 0 Å². The van der Waals surface area contributed by atoms with Crippen molar-refractivity contribution < 1.29 is 39.9 Å². The second-order valence-corrected chi connectivity index (χ2v) is 5.86. The molecule has 0 atom stereocenters. The molecule has 0 bridgehead atoms. The van der Waals surface area contributed by atoms with Crippen LogP contribution < -0.4 is 0 Å². The van der Waals surface area contributed by atoms with E-state index in [1.165, 1.54) is 0 Å². The van der Waals surface area contributed by atoms with Crippen molar-refractivity contribution in [3.05, 3.63) is 41.7 Å². The van der Waals surface area contributed by atoms with Gasteiger partial charge in [0, 0.05) is 30.9 Å². The summed E-state index contributed by atoms with van der Waals surface area (Å²) in [5.41, 5.74) is -3.59. The predicted molar refractivity (Wildman–Crippen MR) is 89.3 cm³/mol. The average Bonchev–Trinajstić information content (AvgIpc) is 3.13. The minimum absolute atomic E-state index is 0.0244. The lowest BCUT2D eigenvalue weighted by molar-refractivity contribution is -0.143. The fraction of sp³-hybridized carbons (Fsp3) is 0.353. The van der Waals surface area contributed by atoms with Gasteiger partial charge in [0.05, 0.1) is 11.1 Å². The van der Waals surface area contributed by atoms with Crippen LogP contribution in [0, 0.1) is 0 Å². The van der Waals surface area contributed by atoms with Crippen LogP contribution >= 0.6 is 0 Å². The average molecular weight is 442 g/mol. The lowest BCUT2D eigenvalue weighted by Crippen LogP contribution is -2.33. The highest BCUT2D eigenvalue weighted by Gasteiger charge is 2.37. The van der Waals surface area contributed by atoms with Crippen LogP contribution in [0.3, 0.4) is 0 Å². The molecule has 5 nitrogen and oxygen atoms in total. The van der Waals surface area contributed by atoms with Gasteiger partial charge >= 0.3 is 12.4 Å². The quantitative estimate of drug-likeness (QED) is 0.477. The highest BCUT2D eigenvalue weighted by Crippen LogP contribution is 2.38. The molecule has 0 radical (unpaired) electrons. The zero-order valence-corrected chi connectivity index (χ0v) is 15.0. The Bertz CT molecular complexity index is 866. The monoisotopic (exact) mass is 442 g/mol. The number of carbonyl (C=O) groups excluding carboxylic acids is 1. The molecule has 2 aromatic rings. The van der Waals surface area contributed by atoms with Crippen molar-refractivity contribution in [1.29, 1.82) is 0 Å². The fourth-order valence-electron chi connectivity index (χ4n) is 2.34. The Morgan fingerprint density at radius 3 is 1.97 bits per heavy atom. The molecule has 1 amide bonds. The van der Waals surface area contributed by atoms with E-state index >= 15 is 0 Å². The number of hydrogen-bond acceptors (Lipinski definition) is 3. The lowest BCUT2D eigenvalue weighted by atomic mass is 10.0. The zero-order chi connectivity index (χ0) is 22.5. The fourth-order valence-corrected chi connectivity index (χ4v) is 2.34. The molecule has 1 aromatic carbocycles. The van der Waals surface area contributed by atoms with Crippen LogP contribution in [0.25, 0.3) is 17.6 Å². The third kappa shape index (κ3) is 6.00. The number of aromatic nitrogens is 3. The van der Waals surface area contributed by atoms with Crippen LogP contribution in [-0.2, 0) is 17.1 Å². The van der Waals surface area contributed by atoms with E-state index < -0.39 is 54.1 Å². The van der Waals surface area contributed by atoms with Crippen molar-refractivity contribution in [1.82, 2.24) is 19.7 Å². The first-order chi connectivity index (χ1) is 14.0. The Labute approximate surface area is 164 Å². The van der Waals surface area contributed by atoms with Gasteiger partial charge in [-0.1, -0.05) is 0 Å². The molecule has 0 saturated carbocycles. The van der Waals surface area contributed by atoms with Crippen LogP contribution in [0.15, 0.2) is 30.6 Å². The van der Waals surface area contributed by atoms with E-state index in [0.717, 1.165) is 28.2 Å². The second kappa shape index (κ2) is 9.22. The van der Waals surface area contributed by atoms with Gasteiger partial charge in [-0.15, -0.1) is 5.10 Å². The number of alkyl halides is 8. The van der Waals surface area contributed by atoms with Gasteiger partial charge in [-0.3, -0.25) is 4.79 Å². The summed E-state index contributed by atoms with van der Waals surface area (Å²) in [4.78, 5) is 16.4. The van der Waals surface area contributed by atoms with Gasteiger partial charge in [-0.05, 0) is 18.2 Å². The Balaban J connectivity index is 2.32. The number of halogens is 8. The van der Waals surface area contributed by atoms with Crippen LogP contribution in [0.4, 0.5) is 35.1 Å². The molecule has 1 aromatic heterocycles. The maximum Gasteiger partial charge on any atom is 0.416 e. The smallest absolute Gasteiger partial charge is 0.334 e. The number of rotatable bonds is 7. The molecule has 0 N–H and O–H groups in total. The van der Waals surface area contributed by atoms with E-state index in [2.05, 4.69) is 10.1 Å². The zero-order valence-electron chi connectivity index (χ0n) is 15.0. The van der Waals surface area contributed by atoms with Crippen molar-refractivity contribution in [3.63, 3.8) is 0 Å². The van der Waals surface area contributed by atoms with Gasteiger partial charge < -0.3 is 4.90 Å². The molecule has 0 aliphatic rings. The van der Waals surface area contributed by atoms with Gasteiger partial charge in [-0.2, -0.15) is 26.3 Å². The number of nitrogens with zero attached hydrogens (tertiary/aromatic N) is 4. The van der Waals surface area contributed by atoms with Gasteiger partial charge in [0.25, 0.3) is 0 Å². The molecule has 0 fully saturated rings. The molecule has 0 saturated heterocycles. The summed E-state index contributed by atoms with van der Waals surface area (Å²) < 4.78 is 103. The van der Waals surface area contributed by atoms with E-state index in [0.29, 0.717) is 12.1 Å². The van der Waals surface area contributed by atoms with E-state index in [-0.39, 0.29) is 19.2 Å². The topological polar surface area (TPSA) is 51.0 Å². The summed E-state index contributed by atoms with van der Waals surface area (Å²) in [5.74, 6) is -1.21. The van der Waals surface area contributed by atoms with E-state index in [9.17, 15) is 39.9 Å². The maximum absolute atomic E-state index is 12.9. The van der Waals surface area contributed by atoms with Crippen molar-refractivity contribution in [2.24, 2.45) is 0 Å². The SMILES string of the molecule is O=C(/C=C\n1cnc(-c2cc(C(F)(F)F)cc(C(F)(F)F)c2)n1)N(CCF)CCF. The summed E-state index contributed by atoms with van der Waals surface area (Å²) in [6.45, 7) is -2.49. The summed E-state index contributed by atoms with van der Waals surface area (Å²) in [6.07, 6.45) is -7.22. The van der Waals surface area contributed by atoms with E-state index in [1.54, 1.807) is 0 Å². The normalized spacial score (nSPS) is 12.5. The Hall–Kier alpha value is -2.99. The molecule has 13 heteroatoms. The molecule has 0 aliphatic heterocycles. The van der Waals surface area contributed by atoms with Crippen LogP contribution in [-0.4, -0.2) is 52.0 Å². The molecule has 1 heterocycles. The van der Waals surface area contributed by atoms with Gasteiger partial charge in [-0.25, -0.2) is 18.4 Å². The number of amides is 1. The minimum Gasteiger partial charge on any atom is -0.334 e. The summed E-state index contributed by atoms with van der Waals surface area (Å²) in [5, 5.41) is 3.72. The van der Waals surface area contributed by atoms with Crippen LogP contribution in [0.1, 0.15) is 11.1 Å². The number of benzene rings is 1. The highest BCUT2D eigenvalue weighted by molar-refractivity contribution is 5.90. The van der Waals surface area contributed by atoms with Crippen LogP contribution in [0.2, 0.25) is 0 Å². The highest BCUT2D eigenvalue weighted by atomic mass is 19.4. The van der Waals surface area contributed by atoms with Gasteiger partial charge in [0.2, 0.25) is 5.91 Å². The third-order valence-corrected chi connectivity index (χ3v) is 3.74. The third-order valence-electron chi connectivity index (χ3n) is 3.74. The molecular weight excluding hydrogens is 428 g/mol. The molecular formula is C17H14F8N4O. The molecule has 0 aliphatic carbocycles. The second-order valence-electron chi connectivity index (χ2n) is 5.86. The first kappa shape index (κ1) is 23.3. The van der Waals surface area contributed by atoms with E-state index in [4.69, 9.17) is 0 Å². The minimum atomic E-state index is -5.03. The van der Waals surface area contributed by atoms with E-state index in [1.807, 2.05) is 0 Å². The van der Waals surface area contributed by atoms with Gasteiger partial charge in [0.15, 0.2) is 5.82 Å². The summed E-state index contributed by atoms with van der Waals surface area (Å²) >= 11 is 0. The summed E-state index contributed by atoms with van der Waals surface area (Å²) in [6, 6.07) is 0.908. The molecule has 0 spiro atoms. The largest absolute Gasteiger partial charge is 0.416 e.